The molecule has 1 aliphatic rings. The quantitative estimate of drug-likeness (QED) is 0.801. The Hall–Kier alpha value is -1.06. The van der Waals surface area contributed by atoms with Crippen LogP contribution in [0.15, 0.2) is 12.1 Å². The molecule has 15 heavy (non-hydrogen) atoms. The minimum absolute atomic E-state index is 0.387. The Kier molecular flexibility index (Phi) is 2.44. The molecule has 1 N–H and O–H groups in total. The summed E-state index contributed by atoms with van der Waals surface area (Å²) in [6.45, 7) is 4.74. The van der Waals surface area contributed by atoms with Crippen LogP contribution in [0.1, 0.15) is 16.7 Å². The van der Waals surface area contributed by atoms with Crippen molar-refractivity contribution in [3.05, 3.63) is 28.8 Å². The van der Waals surface area contributed by atoms with Crippen LogP contribution in [0.3, 0.4) is 0 Å². The highest BCUT2D eigenvalue weighted by molar-refractivity contribution is 5.45. The van der Waals surface area contributed by atoms with Gasteiger partial charge in [-0.1, -0.05) is 0 Å². The molecule has 0 unspecified atom stereocenters. The summed E-state index contributed by atoms with van der Waals surface area (Å²) in [5, 5.41) is 10.1. The van der Waals surface area contributed by atoms with Gasteiger partial charge in [-0.05, 0) is 42.7 Å². The maximum Gasteiger partial charge on any atom is 0.136 e. The topological polar surface area (TPSA) is 38.7 Å². The number of ether oxygens (including phenoxy) is 2. The second-order valence-corrected chi connectivity index (χ2v) is 4.17. The van der Waals surface area contributed by atoms with Gasteiger partial charge >= 0.3 is 0 Å². The minimum Gasteiger partial charge on any atom is -0.496 e. The summed E-state index contributed by atoms with van der Waals surface area (Å²) < 4.78 is 10.3. The van der Waals surface area contributed by atoms with Crippen LogP contribution in [0.2, 0.25) is 0 Å². The molecule has 1 aliphatic heterocycles. The largest absolute Gasteiger partial charge is 0.496 e. The molecule has 0 saturated carbocycles. The van der Waals surface area contributed by atoms with Crippen LogP contribution in [0.25, 0.3) is 0 Å². The monoisotopic (exact) mass is 208 g/mol. The Labute approximate surface area is 89.6 Å². The number of benzene rings is 1. The Morgan fingerprint density at radius 2 is 1.80 bits per heavy atom. The number of aryl methyl sites for hydroxylation is 2. The fourth-order valence-electron chi connectivity index (χ4n) is 2.00. The van der Waals surface area contributed by atoms with Crippen LogP contribution in [0.4, 0.5) is 0 Å². The van der Waals surface area contributed by atoms with E-state index in [0.29, 0.717) is 13.2 Å². The van der Waals surface area contributed by atoms with Gasteiger partial charge in [0.2, 0.25) is 0 Å². The van der Waals surface area contributed by atoms with Crippen molar-refractivity contribution in [1.82, 2.24) is 0 Å². The van der Waals surface area contributed by atoms with E-state index < -0.39 is 5.60 Å². The zero-order valence-electron chi connectivity index (χ0n) is 9.33. The molecule has 1 aromatic carbocycles. The molecular weight excluding hydrogens is 192 g/mol. The minimum atomic E-state index is -0.790. The first-order valence-corrected chi connectivity index (χ1v) is 5.03. The van der Waals surface area contributed by atoms with E-state index >= 15 is 0 Å². The van der Waals surface area contributed by atoms with Gasteiger partial charge in [0, 0.05) is 0 Å². The van der Waals surface area contributed by atoms with Gasteiger partial charge < -0.3 is 14.6 Å². The van der Waals surface area contributed by atoms with Crippen LogP contribution in [-0.4, -0.2) is 25.4 Å². The molecule has 82 valence electrons. The molecule has 0 atom stereocenters. The summed E-state index contributed by atoms with van der Waals surface area (Å²) in [4.78, 5) is 0. The lowest BCUT2D eigenvalue weighted by molar-refractivity contribution is -0.184. The molecular formula is C12H16O3. The molecule has 1 fully saturated rings. The van der Waals surface area contributed by atoms with Crippen molar-refractivity contribution in [2.45, 2.75) is 19.4 Å². The van der Waals surface area contributed by atoms with Gasteiger partial charge in [0.15, 0.2) is 0 Å². The van der Waals surface area contributed by atoms with Crippen LogP contribution in [0, 0.1) is 13.8 Å². The van der Waals surface area contributed by atoms with Gasteiger partial charge in [0.25, 0.3) is 0 Å². The van der Waals surface area contributed by atoms with E-state index in [-0.39, 0.29) is 0 Å². The molecule has 0 amide bonds. The highest BCUT2D eigenvalue weighted by Crippen LogP contribution is 2.34. The smallest absolute Gasteiger partial charge is 0.136 e. The summed E-state index contributed by atoms with van der Waals surface area (Å²) in [5.41, 5.74) is 2.23. The normalized spacial score (nSPS) is 18.4. The maximum atomic E-state index is 10.1. The van der Waals surface area contributed by atoms with Crippen LogP contribution in [0.5, 0.6) is 5.75 Å². The average Bonchev–Trinajstić information content (AvgIpc) is 2.13. The Bertz CT molecular complexity index is 357. The molecule has 0 bridgehead atoms. The lowest BCUT2D eigenvalue weighted by atomic mass is 9.89. The Balaban J connectivity index is 2.43. The maximum absolute atomic E-state index is 10.1. The van der Waals surface area contributed by atoms with Crippen LogP contribution in [-0.2, 0) is 10.3 Å². The SMILES string of the molecule is COc1c(C)cc(C2(O)COC2)cc1C. The van der Waals surface area contributed by atoms with Crippen LogP contribution >= 0.6 is 0 Å². The van der Waals surface area contributed by atoms with E-state index in [9.17, 15) is 5.11 Å². The van der Waals surface area contributed by atoms with Crippen LogP contribution < -0.4 is 4.74 Å². The third kappa shape index (κ3) is 1.62. The van der Waals surface area contributed by atoms with Crippen molar-refractivity contribution < 1.29 is 14.6 Å². The van der Waals surface area contributed by atoms with E-state index in [2.05, 4.69) is 0 Å². The first kappa shape index (κ1) is 10.5. The van der Waals surface area contributed by atoms with E-state index in [1.165, 1.54) is 0 Å². The molecule has 3 heteroatoms. The molecule has 0 aliphatic carbocycles. The fourth-order valence-corrected chi connectivity index (χ4v) is 2.00. The van der Waals surface area contributed by atoms with E-state index in [1.54, 1.807) is 7.11 Å². The molecule has 0 spiro atoms. The third-order valence-corrected chi connectivity index (χ3v) is 2.88. The predicted molar refractivity (Wildman–Crippen MR) is 57.2 cm³/mol. The molecule has 0 radical (unpaired) electrons. The standard InChI is InChI=1S/C12H16O3/c1-8-4-10(12(13)6-15-7-12)5-9(2)11(8)14-3/h4-5,13H,6-7H2,1-3H3. The number of hydrogen-bond donors (Lipinski definition) is 1. The van der Waals surface area contributed by atoms with Gasteiger partial charge in [-0.15, -0.1) is 0 Å². The number of methoxy groups -OCH3 is 1. The summed E-state index contributed by atoms with van der Waals surface area (Å²) in [5.74, 6) is 0.891. The van der Waals surface area contributed by atoms with Gasteiger partial charge in [-0.3, -0.25) is 0 Å². The van der Waals surface area contributed by atoms with Crippen molar-refractivity contribution in [1.29, 1.82) is 0 Å². The number of aliphatic hydroxyl groups is 1. The van der Waals surface area contributed by atoms with Crippen molar-refractivity contribution in [2.24, 2.45) is 0 Å². The number of hydrogen-bond acceptors (Lipinski definition) is 3. The van der Waals surface area contributed by atoms with Gasteiger partial charge in [0.1, 0.15) is 11.4 Å². The molecule has 3 nitrogen and oxygen atoms in total. The summed E-state index contributed by atoms with van der Waals surface area (Å²) in [6.07, 6.45) is 0. The average molecular weight is 208 g/mol. The third-order valence-electron chi connectivity index (χ3n) is 2.88. The van der Waals surface area contributed by atoms with E-state index in [0.717, 1.165) is 22.4 Å². The van der Waals surface area contributed by atoms with Crippen molar-refractivity contribution >= 4 is 0 Å². The summed E-state index contributed by atoms with van der Waals surface area (Å²) >= 11 is 0. The van der Waals surface area contributed by atoms with Gasteiger partial charge in [-0.25, -0.2) is 0 Å². The lowest BCUT2D eigenvalue weighted by Gasteiger charge is -2.37. The second kappa shape index (κ2) is 3.51. The van der Waals surface area contributed by atoms with Gasteiger partial charge in [0.05, 0.1) is 20.3 Å². The van der Waals surface area contributed by atoms with E-state index in [4.69, 9.17) is 9.47 Å². The zero-order valence-corrected chi connectivity index (χ0v) is 9.33. The number of rotatable bonds is 2. The second-order valence-electron chi connectivity index (χ2n) is 4.17. The fraction of sp³-hybridized carbons (Fsp3) is 0.500. The first-order valence-electron chi connectivity index (χ1n) is 5.03. The lowest BCUT2D eigenvalue weighted by Crippen LogP contribution is -2.46. The van der Waals surface area contributed by atoms with E-state index in [1.807, 2.05) is 26.0 Å². The molecule has 0 aromatic heterocycles. The Morgan fingerprint density at radius 1 is 1.27 bits per heavy atom. The highest BCUT2D eigenvalue weighted by atomic mass is 16.5. The predicted octanol–water partition coefficient (Wildman–Crippen LogP) is 1.53. The highest BCUT2D eigenvalue weighted by Gasteiger charge is 2.38. The molecule has 1 aromatic rings. The Morgan fingerprint density at radius 3 is 2.13 bits per heavy atom. The van der Waals surface area contributed by atoms with Crippen molar-refractivity contribution in [3.8, 4) is 5.75 Å². The van der Waals surface area contributed by atoms with Crippen molar-refractivity contribution in [3.63, 3.8) is 0 Å². The first-order chi connectivity index (χ1) is 7.07. The van der Waals surface area contributed by atoms with Crippen molar-refractivity contribution in [2.75, 3.05) is 20.3 Å². The zero-order chi connectivity index (χ0) is 11.1. The molecule has 1 heterocycles. The van der Waals surface area contributed by atoms with Gasteiger partial charge in [-0.2, -0.15) is 0 Å². The summed E-state index contributed by atoms with van der Waals surface area (Å²) in [6, 6.07) is 3.93. The molecule has 1 saturated heterocycles. The molecule has 2 rings (SSSR count). The summed E-state index contributed by atoms with van der Waals surface area (Å²) in [7, 11) is 1.66.